The second-order valence-electron chi connectivity index (χ2n) is 2.92. The predicted molar refractivity (Wildman–Crippen MR) is 58.3 cm³/mol. The first-order chi connectivity index (χ1) is 8.63. The van der Waals surface area contributed by atoms with Crippen LogP contribution in [0.2, 0.25) is 0 Å². The number of ether oxygens (including phenoxy) is 1. The van der Waals surface area contributed by atoms with Gasteiger partial charge >= 0.3 is 11.9 Å². The Kier molecular flexibility index (Phi) is 4.30. The van der Waals surface area contributed by atoms with Crippen LogP contribution in [0.15, 0.2) is 18.3 Å². The number of carboxylic acid groups (broad SMARTS) is 1. The fraction of sp³-hybridized carbons (Fsp3) is 0.200. The normalized spacial score (nSPS) is 9.50. The summed E-state index contributed by atoms with van der Waals surface area (Å²) in [7, 11) is 1.71. The molecule has 0 unspecified atom stereocenters. The van der Waals surface area contributed by atoms with E-state index in [4.69, 9.17) is 5.11 Å². The number of carbonyl (C=O) groups excluding carboxylic acids is 1. The number of hydrogen-bond acceptors (Lipinski definition) is 5. The van der Waals surface area contributed by atoms with E-state index in [-0.39, 0.29) is 17.0 Å². The molecule has 0 aliphatic rings. The quantitative estimate of drug-likeness (QED) is 0.797. The highest BCUT2D eigenvalue weighted by Crippen LogP contribution is 2.08. The standard InChI is InChI=1S/C9H7N3O4.CH3F/c1-16-9(15)6-4-5(8(13)14)11-7-2-3-10-12(6)7;1-2/h2-4H,1H3,(H,13,14);1H3. The molecule has 0 radical (unpaired) electrons. The van der Waals surface area contributed by atoms with Crippen LogP contribution in [-0.4, -0.2) is 45.9 Å². The van der Waals surface area contributed by atoms with E-state index in [2.05, 4.69) is 14.8 Å². The first-order valence-electron chi connectivity index (χ1n) is 4.67. The van der Waals surface area contributed by atoms with E-state index in [1.807, 2.05) is 0 Å². The van der Waals surface area contributed by atoms with Gasteiger partial charge in [0.15, 0.2) is 17.0 Å². The lowest BCUT2D eigenvalue weighted by Crippen LogP contribution is -2.13. The Hall–Kier alpha value is -2.51. The van der Waals surface area contributed by atoms with E-state index in [0.717, 1.165) is 6.07 Å². The maximum atomic E-state index is 11.4. The summed E-state index contributed by atoms with van der Waals surface area (Å²) in [4.78, 5) is 26.0. The lowest BCUT2D eigenvalue weighted by Gasteiger charge is -2.03. The molecule has 0 amide bonds. The van der Waals surface area contributed by atoms with Crippen LogP contribution in [0, 0.1) is 0 Å². The Morgan fingerprint density at radius 3 is 2.67 bits per heavy atom. The predicted octanol–water partition coefficient (Wildman–Crippen LogP) is 0.800. The fourth-order valence-electron chi connectivity index (χ4n) is 1.27. The lowest BCUT2D eigenvalue weighted by molar-refractivity contribution is 0.0590. The number of fused-ring (bicyclic) bond motifs is 1. The summed E-state index contributed by atoms with van der Waals surface area (Å²) >= 11 is 0. The van der Waals surface area contributed by atoms with Gasteiger partial charge in [-0.3, -0.25) is 4.39 Å². The topological polar surface area (TPSA) is 93.8 Å². The molecule has 0 aromatic carbocycles. The van der Waals surface area contributed by atoms with Crippen molar-refractivity contribution in [3.8, 4) is 0 Å². The first kappa shape index (κ1) is 13.6. The number of aromatic carboxylic acids is 1. The second-order valence-corrected chi connectivity index (χ2v) is 2.92. The highest BCUT2D eigenvalue weighted by Gasteiger charge is 2.16. The number of rotatable bonds is 2. The van der Waals surface area contributed by atoms with Crippen molar-refractivity contribution in [1.29, 1.82) is 0 Å². The van der Waals surface area contributed by atoms with Crippen LogP contribution in [0.3, 0.4) is 0 Å². The molecular formula is C10H10FN3O4. The van der Waals surface area contributed by atoms with Crippen LogP contribution in [0.25, 0.3) is 5.65 Å². The van der Waals surface area contributed by atoms with Gasteiger partial charge in [-0.2, -0.15) is 5.10 Å². The van der Waals surface area contributed by atoms with Gasteiger partial charge in [-0.15, -0.1) is 0 Å². The van der Waals surface area contributed by atoms with Crippen LogP contribution in [0.5, 0.6) is 0 Å². The molecule has 1 N–H and O–H groups in total. The Labute approximate surface area is 101 Å². The molecule has 7 nitrogen and oxygen atoms in total. The van der Waals surface area contributed by atoms with Crippen LogP contribution in [0.1, 0.15) is 21.0 Å². The molecular weight excluding hydrogens is 245 g/mol. The molecule has 96 valence electrons. The number of nitrogens with zero attached hydrogens (tertiary/aromatic N) is 3. The summed E-state index contributed by atoms with van der Waals surface area (Å²) in [6.45, 7) is 0. The number of carbonyl (C=O) groups is 2. The average Bonchev–Trinajstić information content (AvgIpc) is 2.87. The Morgan fingerprint density at radius 1 is 1.44 bits per heavy atom. The maximum Gasteiger partial charge on any atom is 0.356 e. The molecule has 0 spiro atoms. The van der Waals surface area contributed by atoms with Crippen molar-refractivity contribution >= 4 is 17.6 Å². The number of esters is 1. The van der Waals surface area contributed by atoms with Crippen LogP contribution in [-0.2, 0) is 4.74 Å². The molecule has 0 bridgehead atoms. The van der Waals surface area contributed by atoms with Crippen LogP contribution in [0.4, 0.5) is 4.39 Å². The van der Waals surface area contributed by atoms with E-state index in [9.17, 15) is 14.0 Å². The summed E-state index contributed by atoms with van der Waals surface area (Å²) in [5.74, 6) is -1.88. The van der Waals surface area contributed by atoms with Gasteiger partial charge in [-0.25, -0.2) is 19.1 Å². The Balaban J connectivity index is 0.000000771. The summed E-state index contributed by atoms with van der Waals surface area (Å²) < 4.78 is 15.2. The largest absolute Gasteiger partial charge is 0.477 e. The van der Waals surface area contributed by atoms with Crippen molar-refractivity contribution in [3.63, 3.8) is 0 Å². The van der Waals surface area contributed by atoms with Crippen molar-refractivity contribution in [2.45, 2.75) is 0 Å². The molecule has 2 aromatic heterocycles. The minimum atomic E-state index is -1.21. The minimum Gasteiger partial charge on any atom is -0.477 e. The fourth-order valence-corrected chi connectivity index (χ4v) is 1.27. The molecule has 18 heavy (non-hydrogen) atoms. The molecule has 0 saturated heterocycles. The zero-order valence-electron chi connectivity index (χ0n) is 9.62. The van der Waals surface area contributed by atoms with Crippen LogP contribution < -0.4 is 0 Å². The number of alkyl halides is 1. The minimum absolute atomic E-state index is 0.0231. The summed E-state index contributed by atoms with van der Waals surface area (Å²) in [6.07, 6.45) is 1.42. The maximum absolute atomic E-state index is 11.4. The van der Waals surface area contributed by atoms with E-state index < -0.39 is 11.9 Å². The van der Waals surface area contributed by atoms with Crippen molar-refractivity contribution < 1.29 is 23.8 Å². The summed E-state index contributed by atoms with van der Waals surface area (Å²) in [5.41, 5.74) is 0.0728. The molecule has 0 fully saturated rings. The summed E-state index contributed by atoms with van der Waals surface area (Å²) in [6, 6.07) is 2.62. The molecule has 2 heterocycles. The molecule has 2 rings (SSSR count). The molecule has 0 saturated carbocycles. The van der Waals surface area contributed by atoms with E-state index in [1.165, 1.54) is 23.9 Å². The molecule has 0 aliphatic carbocycles. The van der Waals surface area contributed by atoms with Gasteiger partial charge in [0.25, 0.3) is 0 Å². The van der Waals surface area contributed by atoms with Gasteiger partial charge < -0.3 is 9.84 Å². The second kappa shape index (κ2) is 5.71. The lowest BCUT2D eigenvalue weighted by atomic mass is 10.3. The zero-order chi connectivity index (χ0) is 13.7. The SMILES string of the molecule is CF.COC(=O)c1cc(C(=O)O)nc2ccnn12. The highest BCUT2D eigenvalue weighted by molar-refractivity contribution is 5.92. The first-order valence-corrected chi connectivity index (χ1v) is 4.67. The summed E-state index contributed by atoms with van der Waals surface area (Å²) in [5, 5.41) is 12.7. The van der Waals surface area contributed by atoms with Gasteiger partial charge in [0.1, 0.15) is 0 Å². The third-order valence-corrected chi connectivity index (χ3v) is 1.97. The highest BCUT2D eigenvalue weighted by atomic mass is 19.1. The van der Waals surface area contributed by atoms with Crippen molar-refractivity contribution in [3.05, 3.63) is 29.7 Å². The Morgan fingerprint density at radius 2 is 2.11 bits per heavy atom. The number of halogens is 1. The third-order valence-electron chi connectivity index (χ3n) is 1.97. The molecule has 8 heteroatoms. The molecule has 0 aliphatic heterocycles. The van der Waals surface area contributed by atoms with Crippen molar-refractivity contribution in [1.82, 2.24) is 14.6 Å². The molecule has 2 aromatic rings. The average molecular weight is 255 g/mol. The number of aromatic nitrogens is 3. The zero-order valence-corrected chi connectivity index (χ0v) is 9.62. The molecule has 0 atom stereocenters. The van der Waals surface area contributed by atoms with Gasteiger partial charge in [0, 0.05) is 12.1 Å². The smallest absolute Gasteiger partial charge is 0.356 e. The van der Waals surface area contributed by atoms with Gasteiger partial charge in [-0.05, 0) is 0 Å². The van der Waals surface area contributed by atoms with Crippen molar-refractivity contribution in [2.24, 2.45) is 0 Å². The number of hydrogen-bond donors (Lipinski definition) is 1. The Bertz CT molecular complexity index is 582. The van der Waals surface area contributed by atoms with E-state index in [0.29, 0.717) is 7.18 Å². The van der Waals surface area contributed by atoms with Crippen molar-refractivity contribution in [2.75, 3.05) is 14.3 Å². The van der Waals surface area contributed by atoms with Gasteiger partial charge in [0.05, 0.1) is 20.5 Å². The monoisotopic (exact) mass is 255 g/mol. The van der Waals surface area contributed by atoms with Crippen LogP contribution >= 0.6 is 0 Å². The third kappa shape index (κ3) is 2.42. The number of methoxy groups -OCH3 is 1. The number of carboxylic acids is 1. The van der Waals surface area contributed by atoms with Gasteiger partial charge in [0.2, 0.25) is 0 Å². The van der Waals surface area contributed by atoms with E-state index >= 15 is 0 Å². The van der Waals surface area contributed by atoms with E-state index in [1.54, 1.807) is 0 Å². The van der Waals surface area contributed by atoms with Gasteiger partial charge in [-0.1, -0.05) is 0 Å².